The third kappa shape index (κ3) is 1.56. The SMILES string of the molecule is CNC1(CO)O[C@H](CO)[C@@H](O)[C@@H]1O. The van der Waals surface area contributed by atoms with Crippen LogP contribution < -0.4 is 5.32 Å². The summed E-state index contributed by atoms with van der Waals surface area (Å²) in [6.07, 6.45) is -3.31. The van der Waals surface area contributed by atoms with Crippen molar-refractivity contribution in [2.45, 2.75) is 24.0 Å². The highest BCUT2D eigenvalue weighted by molar-refractivity contribution is 4.99. The molecular formula is C7H15NO5. The molecule has 0 aliphatic carbocycles. The maximum Gasteiger partial charge on any atom is 0.171 e. The highest BCUT2D eigenvalue weighted by Gasteiger charge is 2.52. The maximum atomic E-state index is 9.50. The molecule has 13 heavy (non-hydrogen) atoms. The Morgan fingerprint density at radius 2 is 2.00 bits per heavy atom. The number of ether oxygens (including phenoxy) is 1. The molecule has 0 aromatic carbocycles. The average molecular weight is 193 g/mol. The molecule has 0 aromatic rings. The second-order valence-corrected chi connectivity index (χ2v) is 3.07. The summed E-state index contributed by atoms with van der Waals surface area (Å²) in [5, 5.41) is 39.2. The molecule has 1 fully saturated rings. The van der Waals surface area contributed by atoms with Crippen LogP contribution in [0.3, 0.4) is 0 Å². The van der Waals surface area contributed by atoms with Crippen molar-refractivity contribution in [1.29, 1.82) is 0 Å². The van der Waals surface area contributed by atoms with Crippen LogP contribution in [0.25, 0.3) is 0 Å². The number of aliphatic hydroxyl groups is 4. The van der Waals surface area contributed by atoms with Gasteiger partial charge in [0, 0.05) is 0 Å². The second kappa shape index (κ2) is 3.87. The second-order valence-electron chi connectivity index (χ2n) is 3.07. The van der Waals surface area contributed by atoms with Gasteiger partial charge in [0.05, 0.1) is 13.2 Å². The molecule has 6 nitrogen and oxygen atoms in total. The van der Waals surface area contributed by atoms with Crippen molar-refractivity contribution in [3.05, 3.63) is 0 Å². The van der Waals surface area contributed by atoms with Gasteiger partial charge in [0.25, 0.3) is 0 Å². The molecule has 0 amide bonds. The van der Waals surface area contributed by atoms with E-state index in [1.807, 2.05) is 0 Å². The molecule has 78 valence electrons. The molecule has 0 aromatic heterocycles. The van der Waals surface area contributed by atoms with E-state index in [9.17, 15) is 10.2 Å². The molecule has 0 spiro atoms. The number of likely N-dealkylation sites (N-methyl/N-ethyl adjacent to an activating group) is 1. The molecule has 1 unspecified atom stereocenters. The lowest BCUT2D eigenvalue weighted by Gasteiger charge is -2.29. The predicted octanol–water partition coefficient (Wildman–Crippen LogP) is -2.99. The minimum absolute atomic E-state index is 0.401. The first kappa shape index (κ1) is 10.8. The Bertz CT molecular complexity index is 172. The number of hydrogen-bond donors (Lipinski definition) is 5. The summed E-state index contributed by atoms with van der Waals surface area (Å²) < 4.78 is 5.11. The Balaban J connectivity index is 2.79. The molecule has 1 aliphatic rings. The topological polar surface area (TPSA) is 102 Å². The first-order valence-corrected chi connectivity index (χ1v) is 4.06. The van der Waals surface area contributed by atoms with Gasteiger partial charge in [0.1, 0.15) is 18.3 Å². The Labute approximate surface area is 75.8 Å². The van der Waals surface area contributed by atoms with Crippen LogP contribution in [0.4, 0.5) is 0 Å². The van der Waals surface area contributed by atoms with Gasteiger partial charge in [-0.3, -0.25) is 5.32 Å². The summed E-state index contributed by atoms with van der Waals surface area (Å²) >= 11 is 0. The highest BCUT2D eigenvalue weighted by atomic mass is 16.6. The van der Waals surface area contributed by atoms with Crippen molar-refractivity contribution in [3.8, 4) is 0 Å². The zero-order valence-corrected chi connectivity index (χ0v) is 7.34. The molecule has 6 heteroatoms. The summed E-state index contributed by atoms with van der Waals surface area (Å²) in [6.45, 7) is -0.875. The predicted molar refractivity (Wildman–Crippen MR) is 42.8 cm³/mol. The molecule has 0 saturated carbocycles. The van der Waals surface area contributed by atoms with Gasteiger partial charge >= 0.3 is 0 Å². The largest absolute Gasteiger partial charge is 0.394 e. The third-order valence-corrected chi connectivity index (χ3v) is 2.38. The lowest BCUT2D eigenvalue weighted by Crippen LogP contribution is -2.55. The number of aliphatic hydroxyl groups excluding tert-OH is 4. The van der Waals surface area contributed by atoms with Gasteiger partial charge < -0.3 is 25.2 Å². The van der Waals surface area contributed by atoms with Crippen molar-refractivity contribution >= 4 is 0 Å². The number of nitrogens with one attached hydrogen (secondary N) is 1. The average Bonchev–Trinajstić information content (AvgIpc) is 2.42. The zero-order chi connectivity index (χ0) is 10.1. The Kier molecular flexibility index (Phi) is 3.23. The fourth-order valence-electron chi connectivity index (χ4n) is 1.45. The van der Waals surface area contributed by atoms with E-state index < -0.39 is 37.3 Å². The van der Waals surface area contributed by atoms with Crippen LogP contribution in [0.2, 0.25) is 0 Å². The monoisotopic (exact) mass is 193 g/mol. The Hall–Kier alpha value is -0.240. The minimum Gasteiger partial charge on any atom is -0.394 e. The summed E-state index contributed by atoms with van der Waals surface area (Å²) in [7, 11) is 1.49. The summed E-state index contributed by atoms with van der Waals surface area (Å²) in [5.74, 6) is 0. The third-order valence-electron chi connectivity index (χ3n) is 2.38. The van der Waals surface area contributed by atoms with Gasteiger partial charge in [-0.15, -0.1) is 0 Å². The van der Waals surface area contributed by atoms with E-state index in [-0.39, 0.29) is 0 Å². The minimum atomic E-state index is -1.37. The lowest BCUT2D eigenvalue weighted by molar-refractivity contribution is -0.134. The molecule has 1 saturated heterocycles. The van der Waals surface area contributed by atoms with Crippen molar-refractivity contribution in [2.75, 3.05) is 20.3 Å². The van der Waals surface area contributed by atoms with Crippen LogP contribution in [-0.2, 0) is 4.74 Å². The summed E-state index contributed by atoms with van der Waals surface area (Å²) in [4.78, 5) is 0. The smallest absolute Gasteiger partial charge is 0.171 e. The number of rotatable bonds is 3. The van der Waals surface area contributed by atoms with Crippen molar-refractivity contribution < 1.29 is 25.2 Å². The van der Waals surface area contributed by atoms with Gasteiger partial charge in [-0.1, -0.05) is 0 Å². The van der Waals surface area contributed by atoms with E-state index in [1.165, 1.54) is 7.05 Å². The zero-order valence-electron chi connectivity index (χ0n) is 7.34. The van der Waals surface area contributed by atoms with Crippen LogP contribution in [0.15, 0.2) is 0 Å². The standard InChI is InChI=1S/C7H15NO5/c1-8-7(3-10)6(12)5(11)4(2-9)13-7/h4-6,8-12H,2-3H2,1H3/t4-,5-,6+,7?/m1/s1. The van der Waals surface area contributed by atoms with E-state index in [0.29, 0.717) is 0 Å². The molecular weight excluding hydrogens is 178 g/mol. The van der Waals surface area contributed by atoms with E-state index in [0.717, 1.165) is 0 Å². The normalized spacial score (nSPS) is 45.5. The van der Waals surface area contributed by atoms with Crippen LogP contribution >= 0.6 is 0 Å². The van der Waals surface area contributed by atoms with Crippen molar-refractivity contribution in [2.24, 2.45) is 0 Å². The maximum absolute atomic E-state index is 9.50. The molecule has 0 bridgehead atoms. The first-order valence-electron chi connectivity index (χ1n) is 4.06. The quantitative estimate of drug-likeness (QED) is 0.327. The summed E-state index contributed by atoms with van der Waals surface area (Å²) in [6, 6.07) is 0. The van der Waals surface area contributed by atoms with Gasteiger partial charge in [-0.2, -0.15) is 0 Å². The van der Waals surface area contributed by atoms with E-state index in [2.05, 4.69) is 5.32 Å². The first-order chi connectivity index (χ1) is 6.11. The fraction of sp³-hybridized carbons (Fsp3) is 1.00. The summed E-state index contributed by atoms with van der Waals surface area (Å²) in [5.41, 5.74) is -1.37. The van der Waals surface area contributed by atoms with Gasteiger partial charge in [-0.05, 0) is 7.05 Å². The highest BCUT2D eigenvalue weighted by Crippen LogP contribution is 2.28. The molecule has 1 aliphatic heterocycles. The molecule has 0 radical (unpaired) electrons. The molecule has 1 heterocycles. The van der Waals surface area contributed by atoms with Crippen LogP contribution in [0.5, 0.6) is 0 Å². The van der Waals surface area contributed by atoms with Crippen molar-refractivity contribution in [1.82, 2.24) is 5.32 Å². The van der Waals surface area contributed by atoms with E-state index >= 15 is 0 Å². The molecule has 1 rings (SSSR count). The fourth-order valence-corrected chi connectivity index (χ4v) is 1.45. The van der Waals surface area contributed by atoms with Crippen LogP contribution in [0.1, 0.15) is 0 Å². The van der Waals surface area contributed by atoms with Gasteiger partial charge in [0.2, 0.25) is 0 Å². The molecule has 4 atom stereocenters. The Morgan fingerprint density at radius 3 is 2.23 bits per heavy atom. The van der Waals surface area contributed by atoms with Crippen LogP contribution in [0, 0.1) is 0 Å². The molecule has 5 N–H and O–H groups in total. The van der Waals surface area contributed by atoms with E-state index in [1.54, 1.807) is 0 Å². The Morgan fingerprint density at radius 1 is 1.38 bits per heavy atom. The van der Waals surface area contributed by atoms with Gasteiger partial charge in [0.15, 0.2) is 5.72 Å². The van der Waals surface area contributed by atoms with E-state index in [4.69, 9.17) is 14.9 Å². The van der Waals surface area contributed by atoms with Gasteiger partial charge in [-0.25, -0.2) is 0 Å². The lowest BCUT2D eigenvalue weighted by atomic mass is 10.0. The van der Waals surface area contributed by atoms with Crippen LogP contribution in [-0.4, -0.2) is 64.7 Å². The van der Waals surface area contributed by atoms with Crippen molar-refractivity contribution in [3.63, 3.8) is 0 Å². The number of hydrogen-bond acceptors (Lipinski definition) is 6.